The van der Waals surface area contributed by atoms with Gasteiger partial charge in [-0.3, -0.25) is 14.9 Å². The molecule has 1 atom stereocenters. The predicted molar refractivity (Wildman–Crippen MR) is 72.2 cm³/mol. The maximum Gasteiger partial charge on any atom is 0.322 e. The molecule has 1 aromatic carbocycles. The van der Waals surface area contributed by atoms with E-state index in [-0.39, 0.29) is 11.8 Å². The monoisotopic (exact) mass is 273 g/mol. The summed E-state index contributed by atoms with van der Waals surface area (Å²) in [5.41, 5.74) is 2.09. The number of carbonyl (C=O) groups is 3. The molecule has 4 amide bonds. The Hall–Kier alpha value is -2.37. The van der Waals surface area contributed by atoms with Gasteiger partial charge in [0.25, 0.3) is 5.91 Å². The fraction of sp³-hybridized carbons (Fsp3) is 0.357. The van der Waals surface area contributed by atoms with Crippen molar-refractivity contribution in [3.8, 4) is 0 Å². The third kappa shape index (κ3) is 2.03. The summed E-state index contributed by atoms with van der Waals surface area (Å²) in [4.78, 5) is 34.3. The van der Waals surface area contributed by atoms with Crippen LogP contribution in [0.4, 0.5) is 10.5 Å². The highest BCUT2D eigenvalue weighted by atomic mass is 16.2. The average Bonchev–Trinajstić information content (AvgIpc) is 2.63. The summed E-state index contributed by atoms with van der Waals surface area (Å²) in [5.74, 6) is -0.362. The summed E-state index contributed by atoms with van der Waals surface area (Å²) < 4.78 is 0. The van der Waals surface area contributed by atoms with E-state index in [1.165, 1.54) is 6.92 Å². The minimum absolute atomic E-state index is 0.111. The van der Waals surface area contributed by atoms with Crippen molar-refractivity contribution in [1.82, 2.24) is 10.6 Å². The molecule has 20 heavy (non-hydrogen) atoms. The average molecular weight is 273 g/mol. The Morgan fingerprint density at radius 3 is 2.75 bits per heavy atom. The second-order valence-electron chi connectivity index (χ2n) is 5.33. The summed E-state index contributed by atoms with van der Waals surface area (Å²) in [7, 11) is 0. The molecule has 0 bridgehead atoms. The number of imide groups is 1. The second kappa shape index (κ2) is 4.33. The topological polar surface area (TPSA) is 87.3 Å². The Kier molecular flexibility index (Phi) is 2.74. The molecule has 104 valence electrons. The van der Waals surface area contributed by atoms with Crippen molar-refractivity contribution in [2.45, 2.75) is 31.7 Å². The van der Waals surface area contributed by atoms with E-state index < -0.39 is 11.6 Å². The number of hydrogen-bond donors (Lipinski definition) is 3. The molecule has 6 heteroatoms. The fourth-order valence-electron chi connectivity index (χ4n) is 2.90. The SMILES string of the molecule is CC(=O)Nc1ccc2c(c1)CCC1(C2)NC(=O)NC1=O. The van der Waals surface area contributed by atoms with E-state index >= 15 is 0 Å². The van der Waals surface area contributed by atoms with E-state index in [1.54, 1.807) is 0 Å². The number of benzene rings is 1. The Morgan fingerprint density at radius 1 is 1.30 bits per heavy atom. The third-order valence-electron chi connectivity index (χ3n) is 3.85. The van der Waals surface area contributed by atoms with Gasteiger partial charge in [0, 0.05) is 19.0 Å². The minimum atomic E-state index is -0.806. The van der Waals surface area contributed by atoms with Gasteiger partial charge in [0.2, 0.25) is 5.91 Å². The lowest BCUT2D eigenvalue weighted by molar-refractivity contribution is -0.124. The Morgan fingerprint density at radius 2 is 2.10 bits per heavy atom. The first-order chi connectivity index (χ1) is 9.48. The number of nitrogens with one attached hydrogen (secondary N) is 3. The largest absolute Gasteiger partial charge is 0.326 e. The Balaban J connectivity index is 1.88. The predicted octanol–water partition coefficient (Wildman–Crippen LogP) is 0.712. The molecule has 1 aliphatic heterocycles. The zero-order valence-corrected chi connectivity index (χ0v) is 11.1. The molecule has 6 nitrogen and oxygen atoms in total. The van der Waals surface area contributed by atoms with Crippen LogP contribution in [0, 0.1) is 0 Å². The van der Waals surface area contributed by atoms with Gasteiger partial charge < -0.3 is 10.6 Å². The van der Waals surface area contributed by atoms with Gasteiger partial charge in [0.15, 0.2) is 0 Å². The van der Waals surface area contributed by atoms with Crippen molar-refractivity contribution in [2.75, 3.05) is 5.32 Å². The van der Waals surface area contributed by atoms with Crippen molar-refractivity contribution in [2.24, 2.45) is 0 Å². The van der Waals surface area contributed by atoms with E-state index in [0.717, 1.165) is 16.8 Å². The lowest BCUT2D eigenvalue weighted by Crippen LogP contribution is -2.51. The molecule has 3 N–H and O–H groups in total. The first-order valence-electron chi connectivity index (χ1n) is 6.51. The zero-order chi connectivity index (χ0) is 14.3. The second-order valence-corrected chi connectivity index (χ2v) is 5.33. The van der Waals surface area contributed by atoms with Crippen LogP contribution in [0.3, 0.4) is 0 Å². The summed E-state index contributed by atoms with van der Waals surface area (Å²) in [6.07, 6.45) is 1.75. The van der Waals surface area contributed by atoms with Crippen LogP contribution in [0.15, 0.2) is 18.2 Å². The highest BCUT2D eigenvalue weighted by Crippen LogP contribution is 2.32. The van der Waals surface area contributed by atoms with Crippen LogP contribution in [-0.2, 0) is 22.4 Å². The normalized spacial score (nSPS) is 24.1. The van der Waals surface area contributed by atoms with Gasteiger partial charge in [-0.2, -0.15) is 0 Å². The summed E-state index contributed by atoms with van der Waals surface area (Å²) in [5, 5.41) is 7.78. The summed E-state index contributed by atoms with van der Waals surface area (Å²) >= 11 is 0. The van der Waals surface area contributed by atoms with E-state index in [9.17, 15) is 14.4 Å². The first kappa shape index (κ1) is 12.7. The molecule has 1 saturated heterocycles. The summed E-state index contributed by atoms with van der Waals surface area (Å²) in [6, 6.07) is 5.22. The van der Waals surface area contributed by atoms with E-state index in [2.05, 4.69) is 16.0 Å². The fourth-order valence-corrected chi connectivity index (χ4v) is 2.90. The van der Waals surface area contributed by atoms with E-state index in [4.69, 9.17) is 0 Å². The van der Waals surface area contributed by atoms with Gasteiger partial charge in [0.1, 0.15) is 5.54 Å². The number of amides is 4. The molecule has 2 aliphatic rings. The van der Waals surface area contributed by atoms with Crippen molar-refractivity contribution in [1.29, 1.82) is 0 Å². The molecule has 1 spiro atoms. The standard InChI is InChI=1S/C14H15N3O3/c1-8(18)15-11-3-2-10-7-14(5-4-9(10)6-11)12(19)16-13(20)17-14/h2-3,6H,4-5,7H2,1H3,(H,15,18)(H2,16,17,19,20). The number of hydrogen-bond acceptors (Lipinski definition) is 3. The van der Waals surface area contributed by atoms with Gasteiger partial charge in [-0.15, -0.1) is 0 Å². The molecule has 3 rings (SSSR count). The van der Waals surface area contributed by atoms with Crippen molar-refractivity contribution < 1.29 is 14.4 Å². The number of carbonyl (C=O) groups excluding carboxylic acids is 3. The molecule has 1 unspecified atom stereocenters. The maximum absolute atomic E-state index is 11.9. The van der Waals surface area contributed by atoms with Crippen LogP contribution >= 0.6 is 0 Å². The van der Waals surface area contributed by atoms with Crippen LogP contribution in [0.2, 0.25) is 0 Å². The Bertz CT molecular complexity index is 626. The van der Waals surface area contributed by atoms with E-state index in [0.29, 0.717) is 19.3 Å². The molecule has 1 fully saturated rings. The molecule has 1 heterocycles. The third-order valence-corrected chi connectivity index (χ3v) is 3.85. The van der Waals surface area contributed by atoms with Crippen molar-refractivity contribution >= 4 is 23.5 Å². The van der Waals surface area contributed by atoms with Gasteiger partial charge >= 0.3 is 6.03 Å². The van der Waals surface area contributed by atoms with Crippen molar-refractivity contribution in [3.63, 3.8) is 0 Å². The summed E-state index contributed by atoms with van der Waals surface area (Å²) in [6.45, 7) is 1.47. The molecule has 0 radical (unpaired) electrons. The number of aryl methyl sites for hydroxylation is 1. The van der Waals surface area contributed by atoms with Gasteiger partial charge in [-0.05, 0) is 36.1 Å². The minimum Gasteiger partial charge on any atom is -0.326 e. The zero-order valence-electron chi connectivity index (χ0n) is 11.1. The molecular formula is C14H15N3O3. The van der Waals surface area contributed by atoms with Crippen molar-refractivity contribution in [3.05, 3.63) is 29.3 Å². The first-order valence-corrected chi connectivity index (χ1v) is 6.51. The number of anilines is 1. The highest BCUT2D eigenvalue weighted by Gasteiger charge is 2.47. The lowest BCUT2D eigenvalue weighted by Gasteiger charge is -2.32. The van der Waals surface area contributed by atoms with Crippen LogP contribution < -0.4 is 16.0 Å². The van der Waals surface area contributed by atoms with Crippen LogP contribution in [0.25, 0.3) is 0 Å². The van der Waals surface area contributed by atoms with Crippen LogP contribution in [0.5, 0.6) is 0 Å². The smallest absolute Gasteiger partial charge is 0.322 e. The lowest BCUT2D eigenvalue weighted by atomic mass is 9.78. The number of rotatable bonds is 1. The highest BCUT2D eigenvalue weighted by molar-refractivity contribution is 6.07. The molecule has 0 saturated carbocycles. The molecule has 1 aliphatic carbocycles. The Labute approximate surface area is 115 Å². The van der Waals surface area contributed by atoms with E-state index in [1.807, 2.05) is 18.2 Å². The molecular weight excluding hydrogens is 258 g/mol. The van der Waals surface area contributed by atoms with Gasteiger partial charge in [0.05, 0.1) is 0 Å². The van der Waals surface area contributed by atoms with Gasteiger partial charge in [-0.25, -0.2) is 4.79 Å². The molecule has 0 aromatic heterocycles. The molecule has 1 aromatic rings. The van der Waals surface area contributed by atoms with Crippen LogP contribution in [-0.4, -0.2) is 23.4 Å². The van der Waals surface area contributed by atoms with Gasteiger partial charge in [-0.1, -0.05) is 6.07 Å². The van der Waals surface area contributed by atoms with Crippen LogP contribution in [0.1, 0.15) is 24.5 Å². The number of urea groups is 1. The quantitative estimate of drug-likeness (QED) is 0.659. The maximum atomic E-state index is 11.9. The number of fused-ring (bicyclic) bond motifs is 1.